The fourth-order valence-corrected chi connectivity index (χ4v) is 5.48. The minimum atomic E-state index is -0.456. The number of nitrogens with zero attached hydrogens (tertiary/aromatic N) is 1. The minimum absolute atomic E-state index is 0.274. The monoisotopic (exact) mass is 526 g/mol. The van der Waals surface area contributed by atoms with Gasteiger partial charge in [0, 0.05) is 20.8 Å². The van der Waals surface area contributed by atoms with E-state index in [4.69, 9.17) is 32.9 Å². The van der Waals surface area contributed by atoms with Gasteiger partial charge in [-0.3, -0.25) is 4.79 Å². The summed E-state index contributed by atoms with van der Waals surface area (Å²) in [5.41, 5.74) is 4.23. The van der Waals surface area contributed by atoms with Gasteiger partial charge >= 0.3 is 5.97 Å². The number of hydrogen-bond acceptors (Lipinski definition) is 5. The smallest absolute Gasteiger partial charge is 0.341 e. The zero-order chi connectivity index (χ0) is 25.4. The van der Waals surface area contributed by atoms with Gasteiger partial charge in [0.2, 0.25) is 0 Å². The number of carbonyl (C=O) groups is 2. The molecule has 0 fully saturated rings. The highest BCUT2D eigenvalue weighted by molar-refractivity contribution is 7.16. The van der Waals surface area contributed by atoms with Crippen molar-refractivity contribution in [3.63, 3.8) is 0 Å². The average molecular weight is 527 g/mol. The van der Waals surface area contributed by atoms with Crippen LogP contribution >= 0.6 is 34.5 Å². The van der Waals surface area contributed by atoms with E-state index in [1.54, 1.807) is 32.0 Å². The maximum atomic E-state index is 13.8. The van der Waals surface area contributed by atoms with Gasteiger partial charge in [-0.05, 0) is 70.0 Å². The van der Waals surface area contributed by atoms with Gasteiger partial charge in [0.15, 0.2) is 0 Å². The molecule has 2 aromatic heterocycles. The van der Waals surface area contributed by atoms with Crippen LogP contribution in [0.3, 0.4) is 0 Å². The number of para-hydroxylation sites is 1. The first-order valence-electron chi connectivity index (χ1n) is 11.1. The maximum absolute atomic E-state index is 13.8. The highest BCUT2D eigenvalue weighted by Crippen LogP contribution is 2.37. The lowest BCUT2D eigenvalue weighted by Gasteiger charge is -2.16. The highest BCUT2D eigenvalue weighted by Gasteiger charge is 2.26. The number of halogens is 2. The van der Waals surface area contributed by atoms with Crippen LogP contribution in [0.15, 0.2) is 42.5 Å². The van der Waals surface area contributed by atoms with Crippen molar-refractivity contribution in [3.05, 3.63) is 79.6 Å². The van der Waals surface area contributed by atoms with Crippen molar-refractivity contribution in [1.29, 1.82) is 0 Å². The third kappa shape index (κ3) is 4.92. The molecule has 0 spiro atoms. The second-order valence-corrected chi connectivity index (χ2v) is 10.6. The molecule has 0 saturated carbocycles. The van der Waals surface area contributed by atoms with E-state index in [0.717, 1.165) is 10.4 Å². The Hall–Kier alpha value is -2.93. The normalized spacial score (nSPS) is 11.2. The molecule has 0 aliphatic carbocycles. The molecular formula is C27H24Cl2N2O3S. The molecule has 0 saturated heterocycles. The maximum Gasteiger partial charge on any atom is 0.341 e. The molecule has 2 aromatic carbocycles. The quantitative estimate of drug-likeness (QED) is 0.267. The predicted octanol–water partition coefficient (Wildman–Crippen LogP) is 8.01. The van der Waals surface area contributed by atoms with Gasteiger partial charge in [0.25, 0.3) is 5.91 Å². The largest absolute Gasteiger partial charge is 0.459 e. The first-order valence-corrected chi connectivity index (χ1v) is 12.6. The van der Waals surface area contributed by atoms with E-state index in [2.05, 4.69) is 5.32 Å². The first-order chi connectivity index (χ1) is 16.6. The third-order valence-electron chi connectivity index (χ3n) is 5.71. The number of esters is 1. The predicted molar refractivity (Wildman–Crippen MR) is 144 cm³/mol. The molecule has 180 valence electrons. The van der Waals surface area contributed by atoms with Crippen molar-refractivity contribution < 1.29 is 14.3 Å². The number of fused-ring (bicyclic) bond motifs is 1. The number of benzene rings is 2. The van der Waals surface area contributed by atoms with Crippen LogP contribution in [0.5, 0.6) is 0 Å². The number of pyridine rings is 1. The summed E-state index contributed by atoms with van der Waals surface area (Å²) in [7, 11) is 0. The summed E-state index contributed by atoms with van der Waals surface area (Å²) in [6.07, 6.45) is -0.274. The van der Waals surface area contributed by atoms with Crippen LogP contribution in [0.4, 0.5) is 5.00 Å². The molecule has 35 heavy (non-hydrogen) atoms. The van der Waals surface area contributed by atoms with Crippen molar-refractivity contribution >= 4 is 62.3 Å². The molecule has 5 nitrogen and oxygen atoms in total. The molecule has 2 heterocycles. The van der Waals surface area contributed by atoms with E-state index in [0.29, 0.717) is 53.9 Å². The van der Waals surface area contributed by atoms with Gasteiger partial charge in [-0.15, -0.1) is 11.3 Å². The molecule has 0 aliphatic rings. The Bertz CT molecular complexity index is 1480. The van der Waals surface area contributed by atoms with E-state index in [9.17, 15) is 9.59 Å². The third-order valence-corrected chi connectivity index (χ3v) is 7.38. The molecule has 0 atom stereocenters. The Balaban J connectivity index is 1.85. The molecular weight excluding hydrogens is 503 g/mol. The van der Waals surface area contributed by atoms with E-state index in [1.165, 1.54) is 11.3 Å². The van der Waals surface area contributed by atoms with Crippen LogP contribution in [-0.2, 0) is 4.74 Å². The lowest BCUT2D eigenvalue weighted by Crippen LogP contribution is -2.18. The fourth-order valence-electron chi connectivity index (χ4n) is 3.94. The summed E-state index contributed by atoms with van der Waals surface area (Å²) in [5, 5.41) is 5.09. The highest BCUT2D eigenvalue weighted by atomic mass is 35.5. The molecule has 0 bridgehead atoms. The van der Waals surface area contributed by atoms with Gasteiger partial charge in [-0.1, -0.05) is 41.4 Å². The molecule has 0 aliphatic heterocycles. The first kappa shape index (κ1) is 25.2. The lowest BCUT2D eigenvalue weighted by atomic mass is 9.97. The Kier molecular flexibility index (Phi) is 7.17. The van der Waals surface area contributed by atoms with Crippen LogP contribution in [0.1, 0.15) is 50.6 Å². The topological polar surface area (TPSA) is 68.3 Å². The van der Waals surface area contributed by atoms with E-state index < -0.39 is 5.97 Å². The second kappa shape index (κ2) is 9.97. The van der Waals surface area contributed by atoms with Crippen molar-refractivity contribution in [2.45, 2.75) is 40.7 Å². The molecule has 1 amide bonds. The number of aromatic nitrogens is 1. The Labute approximate surface area is 218 Å². The van der Waals surface area contributed by atoms with Crippen LogP contribution in [0, 0.1) is 20.8 Å². The van der Waals surface area contributed by atoms with Gasteiger partial charge in [0.1, 0.15) is 5.00 Å². The van der Waals surface area contributed by atoms with Gasteiger partial charge in [-0.2, -0.15) is 0 Å². The van der Waals surface area contributed by atoms with Crippen LogP contribution in [0.25, 0.3) is 22.2 Å². The SMILES string of the molecule is Cc1sc(NC(=O)c2c(C)c(-c3ccc(Cl)cc3Cl)nc3ccccc23)c(C(=O)OC(C)C)c1C. The van der Waals surface area contributed by atoms with Crippen LogP contribution in [0.2, 0.25) is 10.0 Å². The summed E-state index contributed by atoms with van der Waals surface area (Å²) in [6.45, 7) is 9.19. The number of nitrogens with one attached hydrogen (secondary N) is 1. The molecule has 1 N–H and O–H groups in total. The van der Waals surface area contributed by atoms with Crippen molar-refractivity contribution in [2.75, 3.05) is 5.32 Å². The molecule has 0 unspecified atom stereocenters. The number of anilines is 1. The number of carbonyl (C=O) groups excluding carboxylic acids is 2. The van der Waals surface area contributed by atoms with Crippen molar-refractivity contribution in [3.8, 4) is 11.3 Å². The number of aryl methyl sites for hydroxylation is 1. The summed E-state index contributed by atoms with van der Waals surface area (Å²) in [5.74, 6) is -0.797. The van der Waals surface area contributed by atoms with E-state index in [-0.39, 0.29) is 12.0 Å². The Morgan fingerprint density at radius 2 is 1.71 bits per heavy atom. The van der Waals surface area contributed by atoms with E-state index >= 15 is 0 Å². The lowest BCUT2D eigenvalue weighted by molar-refractivity contribution is 0.0379. The fraction of sp³-hybridized carbons (Fsp3) is 0.222. The number of rotatable bonds is 5. The van der Waals surface area contributed by atoms with Gasteiger partial charge in [0.05, 0.1) is 33.5 Å². The number of hydrogen-bond donors (Lipinski definition) is 1. The number of amides is 1. The zero-order valence-corrected chi connectivity index (χ0v) is 22.3. The summed E-state index contributed by atoms with van der Waals surface area (Å²) in [4.78, 5) is 32.3. The van der Waals surface area contributed by atoms with Crippen molar-refractivity contribution in [1.82, 2.24) is 4.98 Å². The molecule has 8 heteroatoms. The standard InChI is InChI=1S/C27H24Cl2N2O3S/c1-13(2)34-27(33)23-14(3)16(5)35-26(23)31-25(32)22-15(4)24(18-11-10-17(28)12-20(18)29)30-21-9-7-6-8-19(21)22/h6-13H,1-5H3,(H,31,32). The van der Waals surface area contributed by atoms with Gasteiger partial charge < -0.3 is 10.1 Å². The molecule has 0 radical (unpaired) electrons. The molecule has 4 rings (SSSR count). The summed E-state index contributed by atoms with van der Waals surface area (Å²) >= 11 is 13.9. The average Bonchev–Trinajstić information content (AvgIpc) is 3.06. The zero-order valence-electron chi connectivity index (χ0n) is 20.0. The second-order valence-electron chi connectivity index (χ2n) is 8.50. The molecule has 4 aromatic rings. The Morgan fingerprint density at radius 1 is 1.00 bits per heavy atom. The summed E-state index contributed by atoms with van der Waals surface area (Å²) < 4.78 is 5.43. The van der Waals surface area contributed by atoms with Crippen LogP contribution < -0.4 is 5.32 Å². The number of ether oxygens (including phenoxy) is 1. The van der Waals surface area contributed by atoms with E-state index in [1.807, 2.05) is 45.0 Å². The Morgan fingerprint density at radius 3 is 2.40 bits per heavy atom. The van der Waals surface area contributed by atoms with Crippen LogP contribution in [-0.4, -0.2) is 23.0 Å². The summed E-state index contributed by atoms with van der Waals surface area (Å²) in [6, 6.07) is 12.6. The van der Waals surface area contributed by atoms with Crippen molar-refractivity contribution in [2.24, 2.45) is 0 Å². The number of thiophene rings is 1. The van der Waals surface area contributed by atoms with Gasteiger partial charge in [-0.25, -0.2) is 9.78 Å². The minimum Gasteiger partial charge on any atom is -0.459 e.